The van der Waals surface area contributed by atoms with Crippen LogP contribution in [0.3, 0.4) is 0 Å². The Balaban J connectivity index is 1.86. The standard InChI is InChI=1S/C14H14FN5O3S2/c1-19(2)8-12(21)18-25(22,23)14-17-20-7-11(16-13(20)24-14)9-3-5-10(15)6-4-9/h3-7H,8H2,1-2H3,(H,18,21). The lowest BCUT2D eigenvalue weighted by atomic mass is 10.2. The minimum absolute atomic E-state index is 0.0591. The molecule has 1 aromatic carbocycles. The lowest BCUT2D eigenvalue weighted by Gasteiger charge is -2.08. The third kappa shape index (κ3) is 3.83. The third-order valence-corrected chi connectivity index (χ3v) is 5.77. The van der Waals surface area contributed by atoms with Gasteiger partial charge in [-0.1, -0.05) is 11.3 Å². The van der Waals surface area contributed by atoms with Crippen molar-refractivity contribution in [3.05, 3.63) is 36.3 Å². The van der Waals surface area contributed by atoms with Gasteiger partial charge < -0.3 is 4.90 Å². The molecule has 3 rings (SSSR count). The highest BCUT2D eigenvalue weighted by Crippen LogP contribution is 2.24. The Kier molecular flexibility index (Phi) is 4.54. The molecule has 0 aliphatic carbocycles. The van der Waals surface area contributed by atoms with E-state index in [0.29, 0.717) is 16.2 Å². The fraction of sp³-hybridized carbons (Fsp3) is 0.214. The fourth-order valence-corrected chi connectivity index (χ4v) is 4.11. The van der Waals surface area contributed by atoms with E-state index in [1.807, 2.05) is 4.72 Å². The molecule has 0 fully saturated rings. The number of nitrogens with one attached hydrogen (secondary N) is 1. The largest absolute Gasteiger partial charge is 0.301 e. The van der Waals surface area contributed by atoms with E-state index in [9.17, 15) is 17.6 Å². The summed E-state index contributed by atoms with van der Waals surface area (Å²) in [6, 6.07) is 5.76. The highest BCUT2D eigenvalue weighted by molar-refractivity contribution is 7.92. The third-order valence-electron chi connectivity index (χ3n) is 3.10. The molecule has 0 spiro atoms. The van der Waals surface area contributed by atoms with Crippen molar-refractivity contribution >= 4 is 32.2 Å². The molecule has 25 heavy (non-hydrogen) atoms. The van der Waals surface area contributed by atoms with Gasteiger partial charge in [-0.3, -0.25) is 4.79 Å². The number of aromatic nitrogens is 3. The first-order chi connectivity index (χ1) is 11.7. The molecular formula is C14H14FN5O3S2. The summed E-state index contributed by atoms with van der Waals surface area (Å²) in [5, 5.41) is 3.96. The number of amides is 1. The summed E-state index contributed by atoms with van der Waals surface area (Å²) >= 11 is 0.834. The van der Waals surface area contributed by atoms with Crippen molar-refractivity contribution in [3.63, 3.8) is 0 Å². The van der Waals surface area contributed by atoms with Gasteiger partial charge in [-0.2, -0.15) is 8.42 Å². The van der Waals surface area contributed by atoms with Gasteiger partial charge in [0.25, 0.3) is 14.4 Å². The number of hydrogen-bond donors (Lipinski definition) is 1. The molecule has 0 unspecified atom stereocenters. The van der Waals surface area contributed by atoms with Gasteiger partial charge in [0.1, 0.15) is 5.82 Å². The first-order valence-electron chi connectivity index (χ1n) is 7.07. The van der Waals surface area contributed by atoms with Crippen LogP contribution in [0.1, 0.15) is 0 Å². The number of carbonyl (C=O) groups excluding carboxylic acids is 1. The molecular weight excluding hydrogens is 369 g/mol. The van der Waals surface area contributed by atoms with Crippen molar-refractivity contribution in [3.8, 4) is 11.3 Å². The zero-order valence-electron chi connectivity index (χ0n) is 13.3. The van der Waals surface area contributed by atoms with E-state index in [1.54, 1.807) is 37.3 Å². The Morgan fingerprint density at radius 3 is 2.60 bits per heavy atom. The van der Waals surface area contributed by atoms with Gasteiger partial charge >= 0.3 is 0 Å². The summed E-state index contributed by atoms with van der Waals surface area (Å²) in [7, 11) is -0.742. The predicted octanol–water partition coefficient (Wildman–Crippen LogP) is 0.963. The molecule has 0 atom stereocenters. The maximum atomic E-state index is 13.0. The van der Waals surface area contributed by atoms with Crippen LogP contribution in [0.25, 0.3) is 16.2 Å². The van der Waals surface area contributed by atoms with Gasteiger partial charge in [0, 0.05) is 5.56 Å². The summed E-state index contributed by atoms with van der Waals surface area (Å²) in [5.41, 5.74) is 1.22. The van der Waals surface area contributed by atoms with Crippen LogP contribution in [0.5, 0.6) is 0 Å². The van der Waals surface area contributed by atoms with E-state index in [4.69, 9.17) is 0 Å². The Bertz CT molecular complexity index is 993. The number of nitrogens with zero attached hydrogens (tertiary/aromatic N) is 4. The van der Waals surface area contributed by atoms with E-state index in [2.05, 4.69) is 10.1 Å². The number of likely N-dealkylation sites (N-methyl/N-ethyl adjacent to an activating group) is 1. The van der Waals surface area contributed by atoms with E-state index in [1.165, 1.54) is 16.6 Å². The number of sulfonamides is 1. The van der Waals surface area contributed by atoms with Crippen molar-refractivity contribution in [2.75, 3.05) is 20.6 Å². The minimum Gasteiger partial charge on any atom is -0.301 e. The van der Waals surface area contributed by atoms with Gasteiger partial charge in [-0.25, -0.2) is 18.6 Å². The topological polar surface area (TPSA) is 96.7 Å². The number of carbonyl (C=O) groups is 1. The van der Waals surface area contributed by atoms with Crippen LogP contribution in [0, 0.1) is 5.82 Å². The van der Waals surface area contributed by atoms with Crippen molar-refractivity contribution in [2.24, 2.45) is 0 Å². The molecule has 0 radical (unpaired) electrons. The lowest BCUT2D eigenvalue weighted by molar-refractivity contribution is -0.119. The predicted molar refractivity (Wildman–Crippen MR) is 90.1 cm³/mol. The molecule has 132 valence electrons. The molecule has 2 aromatic heterocycles. The summed E-state index contributed by atoms with van der Waals surface area (Å²) in [6.45, 7) is -0.0591. The fourth-order valence-electron chi connectivity index (χ4n) is 2.06. The van der Waals surface area contributed by atoms with Crippen LogP contribution < -0.4 is 4.72 Å². The number of fused-ring (bicyclic) bond motifs is 1. The molecule has 0 aliphatic rings. The van der Waals surface area contributed by atoms with Crippen molar-refractivity contribution in [1.29, 1.82) is 0 Å². The Labute approximate surface area is 147 Å². The molecule has 0 bridgehead atoms. The SMILES string of the molecule is CN(C)CC(=O)NS(=O)(=O)c1nn2cc(-c3ccc(F)cc3)nc2s1. The van der Waals surface area contributed by atoms with Crippen molar-refractivity contribution < 1.29 is 17.6 Å². The Morgan fingerprint density at radius 1 is 1.32 bits per heavy atom. The molecule has 1 amide bonds. The average molecular weight is 383 g/mol. The van der Waals surface area contributed by atoms with Crippen LogP contribution in [0.4, 0.5) is 4.39 Å². The zero-order valence-corrected chi connectivity index (χ0v) is 14.9. The molecule has 3 aromatic rings. The second-order valence-electron chi connectivity index (χ2n) is 5.49. The number of imidazole rings is 1. The average Bonchev–Trinajstić information content (AvgIpc) is 3.05. The summed E-state index contributed by atoms with van der Waals surface area (Å²) in [6.07, 6.45) is 1.54. The molecule has 1 N–H and O–H groups in total. The monoisotopic (exact) mass is 383 g/mol. The van der Waals surface area contributed by atoms with Crippen LogP contribution in [-0.2, 0) is 14.8 Å². The number of benzene rings is 1. The molecule has 8 nitrogen and oxygen atoms in total. The number of hydrogen-bond acceptors (Lipinski definition) is 7. The summed E-state index contributed by atoms with van der Waals surface area (Å²) < 4.78 is 40.4. The number of halogens is 1. The molecule has 0 saturated carbocycles. The summed E-state index contributed by atoms with van der Waals surface area (Å²) in [4.78, 5) is 17.8. The molecule has 11 heteroatoms. The van der Waals surface area contributed by atoms with Crippen LogP contribution in [-0.4, -0.2) is 54.5 Å². The van der Waals surface area contributed by atoms with Gasteiger partial charge in [0.2, 0.25) is 10.9 Å². The minimum atomic E-state index is -4.05. The second kappa shape index (κ2) is 6.50. The quantitative estimate of drug-likeness (QED) is 0.705. The van der Waals surface area contributed by atoms with Gasteiger partial charge in [0.05, 0.1) is 18.4 Å². The van der Waals surface area contributed by atoms with E-state index < -0.39 is 15.9 Å². The van der Waals surface area contributed by atoms with Crippen molar-refractivity contribution in [1.82, 2.24) is 24.2 Å². The molecule has 2 heterocycles. The normalized spacial score (nSPS) is 12.0. The van der Waals surface area contributed by atoms with Crippen LogP contribution in [0.2, 0.25) is 0 Å². The molecule has 0 aliphatic heterocycles. The van der Waals surface area contributed by atoms with E-state index in [-0.39, 0.29) is 16.7 Å². The molecule has 0 saturated heterocycles. The first-order valence-corrected chi connectivity index (χ1v) is 9.37. The Hall–Kier alpha value is -2.37. The van der Waals surface area contributed by atoms with E-state index >= 15 is 0 Å². The maximum Gasteiger partial charge on any atom is 0.293 e. The highest BCUT2D eigenvalue weighted by Gasteiger charge is 2.24. The summed E-state index contributed by atoms with van der Waals surface area (Å²) in [5.74, 6) is -1.01. The van der Waals surface area contributed by atoms with E-state index in [0.717, 1.165) is 11.3 Å². The smallest absolute Gasteiger partial charge is 0.293 e. The van der Waals surface area contributed by atoms with Gasteiger partial charge in [-0.05, 0) is 38.4 Å². The second-order valence-corrected chi connectivity index (χ2v) is 8.31. The highest BCUT2D eigenvalue weighted by atomic mass is 32.2. The number of rotatable bonds is 5. The van der Waals surface area contributed by atoms with Crippen molar-refractivity contribution in [2.45, 2.75) is 4.34 Å². The van der Waals surface area contributed by atoms with Gasteiger partial charge in [-0.15, -0.1) is 5.10 Å². The van der Waals surface area contributed by atoms with Crippen LogP contribution >= 0.6 is 11.3 Å². The first kappa shape index (κ1) is 17.5. The van der Waals surface area contributed by atoms with Gasteiger partial charge in [0.15, 0.2) is 0 Å². The van der Waals surface area contributed by atoms with Crippen LogP contribution in [0.15, 0.2) is 34.8 Å². The zero-order chi connectivity index (χ0) is 18.2. The lowest BCUT2D eigenvalue weighted by Crippen LogP contribution is -2.37. The maximum absolute atomic E-state index is 13.0. The Morgan fingerprint density at radius 2 is 2.00 bits per heavy atom.